The zero-order valence-electron chi connectivity index (χ0n) is 8.82. The van der Waals surface area contributed by atoms with E-state index in [0.29, 0.717) is 6.42 Å². The van der Waals surface area contributed by atoms with Crippen LogP contribution in [0.2, 0.25) is 0 Å². The molecule has 0 aliphatic heterocycles. The van der Waals surface area contributed by atoms with Crippen molar-refractivity contribution in [3.8, 4) is 0 Å². The van der Waals surface area contributed by atoms with Gasteiger partial charge in [-0.05, 0) is 43.6 Å². The second-order valence-corrected chi connectivity index (χ2v) is 4.45. The van der Waals surface area contributed by atoms with E-state index in [4.69, 9.17) is 0 Å². The lowest BCUT2D eigenvalue weighted by molar-refractivity contribution is -0.134. The largest absolute Gasteiger partial charge is 0.291 e. The zero-order valence-corrected chi connectivity index (χ0v) is 8.82. The van der Waals surface area contributed by atoms with Crippen molar-refractivity contribution in [1.29, 1.82) is 0 Å². The summed E-state index contributed by atoms with van der Waals surface area (Å²) < 4.78 is 0. The van der Waals surface area contributed by atoms with E-state index in [1.54, 1.807) is 6.08 Å². The molecule has 0 saturated heterocycles. The molecule has 2 nitrogen and oxygen atoms in total. The van der Waals surface area contributed by atoms with Gasteiger partial charge in [0.25, 0.3) is 0 Å². The van der Waals surface area contributed by atoms with Gasteiger partial charge in [0.1, 0.15) is 0 Å². The van der Waals surface area contributed by atoms with Gasteiger partial charge < -0.3 is 0 Å². The number of allylic oxidation sites excluding steroid dienone is 4. The number of hydrogen-bond acceptors (Lipinski definition) is 2. The minimum atomic E-state index is -0.351. The van der Waals surface area contributed by atoms with Crippen LogP contribution in [0.5, 0.6) is 0 Å². The first-order valence-corrected chi connectivity index (χ1v) is 5.68. The molecule has 0 spiro atoms. The first-order valence-electron chi connectivity index (χ1n) is 5.68. The highest BCUT2D eigenvalue weighted by Crippen LogP contribution is 2.38. The molecule has 15 heavy (non-hydrogen) atoms. The summed E-state index contributed by atoms with van der Waals surface area (Å²) in [6.07, 6.45) is 13.4. The van der Waals surface area contributed by atoms with Crippen LogP contribution < -0.4 is 0 Å². The second kappa shape index (κ2) is 4.56. The lowest BCUT2D eigenvalue weighted by Crippen LogP contribution is -2.12. The molecule has 0 heterocycles. The number of hydrogen-bond donors (Lipinski definition) is 0. The number of fused-ring (bicyclic) bond motifs is 2. The van der Waals surface area contributed by atoms with Gasteiger partial charge in [0.05, 0.1) is 0 Å². The molecule has 2 atom stereocenters. The van der Waals surface area contributed by atoms with Crippen molar-refractivity contribution in [1.82, 2.24) is 0 Å². The van der Waals surface area contributed by atoms with Gasteiger partial charge in [0.15, 0.2) is 0 Å². The molecule has 0 aromatic carbocycles. The molecular formula is C13H16O2. The first-order chi connectivity index (χ1) is 7.25. The molecule has 2 heteroatoms. The summed E-state index contributed by atoms with van der Waals surface area (Å²) in [5, 5.41) is 0. The Hall–Kier alpha value is -1.18. The van der Waals surface area contributed by atoms with Gasteiger partial charge in [-0.25, -0.2) is 0 Å². The summed E-state index contributed by atoms with van der Waals surface area (Å²) in [6, 6.07) is 0. The topological polar surface area (TPSA) is 34.1 Å². The second-order valence-electron chi connectivity index (χ2n) is 4.45. The first kappa shape index (κ1) is 10.3. The molecule has 0 amide bonds. The number of Topliss-reactive ketones (excluding diaryl/α,β-unsaturated/α-hetero) is 1. The van der Waals surface area contributed by atoms with E-state index in [9.17, 15) is 9.59 Å². The summed E-state index contributed by atoms with van der Waals surface area (Å²) >= 11 is 0. The molecule has 1 fully saturated rings. The number of rotatable bonds is 0. The van der Waals surface area contributed by atoms with Crippen molar-refractivity contribution in [3.05, 3.63) is 24.3 Å². The molecule has 80 valence electrons. The van der Waals surface area contributed by atoms with Crippen LogP contribution in [0.3, 0.4) is 0 Å². The Morgan fingerprint density at radius 1 is 1.07 bits per heavy atom. The van der Waals surface area contributed by atoms with Crippen molar-refractivity contribution < 1.29 is 9.59 Å². The van der Waals surface area contributed by atoms with Gasteiger partial charge >= 0.3 is 0 Å². The Labute approximate surface area is 90.1 Å². The summed E-state index contributed by atoms with van der Waals surface area (Å²) in [5.74, 6) is 1.37. The molecule has 3 rings (SSSR count). The van der Waals surface area contributed by atoms with Crippen molar-refractivity contribution in [2.45, 2.75) is 32.1 Å². The summed E-state index contributed by atoms with van der Waals surface area (Å²) in [6.45, 7) is 0. The summed E-state index contributed by atoms with van der Waals surface area (Å²) in [5.41, 5.74) is 0. The third kappa shape index (κ3) is 2.65. The zero-order chi connectivity index (χ0) is 10.7. The standard InChI is InChI=1S/C7H10.C6H6O2/c1-2-7-4-3-6(1)5-7;7-5-3-1-2-4-6(5)8/h1-2,6-7H,3-5H2;1,3H,2,4H2. The van der Waals surface area contributed by atoms with Crippen LogP contribution in [0.1, 0.15) is 32.1 Å². The summed E-state index contributed by atoms with van der Waals surface area (Å²) in [4.78, 5) is 20.8. The normalized spacial score (nSPS) is 31.7. The number of ketones is 2. The lowest BCUT2D eigenvalue weighted by atomic mass is 10.1. The highest BCUT2D eigenvalue weighted by atomic mass is 16.2. The third-order valence-electron chi connectivity index (χ3n) is 3.25. The molecular weight excluding hydrogens is 188 g/mol. The monoisotopic (exact) mass is 204 g/mol. The fourth-order valence-electron chi connectivity index (χ4n) is 2.34. The lowest BCUT2D eigenvalue weighted by Gasteiger charge is -1.96. The fraction of sp³-hybridized carbons (Fsp3) is 0.538. The molecule has 0 aromatic heterocycles. The van der Waals surface area contributed by atoms with E-state index in [0.717, 1.165) is 18.3 Å². The predicted octanol–water partition coefficient (Wildman–Crippen LogP) is 2.45. The van der Waals surface area contributed by atoms with E-state index >= 15 is 0 Å². The van der Waals surface area contributed by atoms with Gasteiger partial charge in [-0.2, -0.15) is 0 Å². The van der Waals surface area contributed by atoms with Crippen LogP contribution in [0.15, 0.2) is 24.3 Å². The molecule has 3 aliphatic carbocycles. The quantitative estimate of drug-likeness (QED) is 0.448. The predicted molar refractivity (Wildman–Crippen MR) is 58.4 cm³/mol. The Morgan fingerprint density at radius 3 is 2.00 bits per heavy atom. The molecule has 0 radical (unpaired) electrons. The SMILES string of the molecule is C1=CC2CCC1C2.O=C1C=CCCC1=O. The molecule has 3 aliphatic rings. The number of carbonyl (C=O) groups is 2. The maximum absolute atomic E-state index is 10.4. The van der Waals surface area contributed by atoms with E-state index in [-0.39, 0.29) is 11.6 Å². The van der Waals surface area contributed by atoms with Gasteiger partial charge in [0.2, 0.25) is 11.6 Å². The maximum Gasteiger partial charge on any atom is 0.221 e. The van der Waals surface area contributed by atoms with Crippen molar-refractivity contribution in [2.75, 3.05) is 0 Å². The summed E-state index contributed by atoms with van der Waals surface area (Å²) in [7, 11) is 0. The third-order valence-corrected chi connectivity index (χ3v) is 3.25. The molecule has 0 aromatic rings. The maximum atomic E-state index is 10.4. The van der Waals surface area contributed by atoms with Gasteiger partial charge in [-0.3, -0.25) is 9.59 Å². The van der Waals surface area contributed by atoms with Crippen LogP contribution in [-0.4, -0.2) is 11.6 Å². The average Bonchev–Trinajstić information content (AvgIpc) is 2.87. The van der Waals surface area contributed by atoms with E-state index < -0.39 is 0 Å². The Balaban J connectivity index is 0.000000114. The Morgan fingerprint density at radius 2 is 1.73 bits per heavy atom. The van der Waals surface area contributed by atoms with Crippen LogP contribution in [0.25, 0.3) is 0 Å². The number of carbonyl (C=O) groups excluding carboxylic acids is 2. The van der Waals surface area contributed by atoms with Gasteiger partial charge in [-0.15, -0.1) is 0 Å². The van der Waals surface area contributed by atoms with Crippen molar-refractivity contribution in [2.24, 2.45) is 11.8 Å². The Bertz CT molecular complexity index is 313. The molecule has 2 bridgehead atoms. The van der Waals surface area contributed by atoms with Crippen LogP contribution >= 0.6 is 0 Å². The van der Waals surface area contributed by atoms with Crippen LogP contribution in [-0.2, 0) is 9.59 Å². The van der Waals surface area contributed by atoms with E-state index in [1.165, 1.54) is 25.3 Å². The highest BCUT2D eigenvalue weighted by molar-refractivity contribution is 6.42. The fourth-order valence-corrected chi connectivity index (χ4v) is 2.34. The minimum absolute atomic E-state index is 0.257. The molecule has 2 unspecified atom stereocenters. The Kier molecular flexibility index (Phi) is 3.14. The van der Waals surface area contributed by atoms with E-state index in [1.807, 2.05) is 0 Å². The molecule has 0 N–H and O–H groups in total. The smallest absolute Gasteiger partial charge is 0.221 e. The van der Waals surface area contributed by atoms with Crippen molar-refractivity contribution in [3.63, 3.8) is 0 Å². The van der Waals surface area contributed by atoms with E-state index in [2.05, 4.69) is 12.2 Å². The minimum Gasteiger partial charge on any atom is -0.291 e. The molecule has 1 saturated carbocycles. The van der Waals surface area contributed by atoms with Gasteiger partial charge in [0, 0.05) is 6.42 Å². The van der Waals surface area contributed by atoms with Gasteiger partial charge in [-0.1, -0.05) is 18.2 Å². The van der Waals surface area contributed by atoms with Crippen LogP contribution in [0.4, 0.5) is 0 Å². The average molecular weight is 204 g/mol. The van der Waals surface area contributed by atoms with Crippen molar-refractivity contribution >= 4 is 11.6 Å². The van der Waals surface area contributed by atoms with Crippen LogP contribution in [0, 0.1) is 11.8 Å². The highest BCUT2D eigenvalue weighted by Gasteiger charge is 2.25.